The normalized spacial score (nSPS) is 14.4. The van der Waals surface area contributed by atoms with Crippen molar-refractivity contribution < 1.29 is 19.5 Å². The highest BCUT2D eigenvalue weighted by atomic mass is 16.4. The Kier molecular flexibility index (Phi) is 4.71. The number of rotatable bonds is 4. The van der Waals surface area contributed by atoms with Crippen LogP contribution < -0.4 is 5.32 Å². The van der Waals surface area contributed by atoms with Crippen LogP contribution in [0.1, 0.15) is 23.2 Å². The molecule has 0 bridgehead atoms. The van der Waals surface area contributed by atoms with Crippen molar-refractivity contribution in [2.45, 2.75) is 12.8 Å². The second-order valence-corrected chi connectivity index (χ2v) is 4.71. The summed E-state index contributed by atoms with van der Waals surface area (Å²) < 4.78 is 0. The highest BCUT2D eigenvalue weighted by molar-refractivity contribution is 6.07. The Morgan fingerprint density at radius 1 is 1.10 bits per heavy atom. The largest absolute Gasteiger partial charge is 0.478 e. The van der Waals surface area contributed by atoms with Gasteiger partial charge in [0, 0.05) is 25.2 Å². The molecule has 0 aromatic heterocycles. The summed E-state index contributed by atoms with van der Waals surface area (Å²) in [6.07, 6.45) is 3.64. The fraction of sp³-hybridized carbons (Fsp3) is 0.267. The van der Waals surface area contributed by atoms with Gasteiger partial charge in [-0.1, -0.05) is 12.1 Å². The quantitative estimate of drug-likeness (QED) is 0.822. The van der Waals surface area contributed by atoms with Gasteiger partial charge in [0.1, 0.15) is 0 Å². The zero-order valence-corrected chi connectivity index (χ0v) is 11.4. The topological polar surface area (TPSA) is 86.7 Å². The molecule has 1 fully saturated rings. The number of nitrogens with one attached hydrogen (secondary N) is 1. The maximum atomic E-state index is 12.4. The molecular formula is C15H16N2O4. The summed E-state index contributed by atoms with van der Waals surface area (Å²) >= 11 is 0. The number of hydrogen-bond donors (Lipinski definition) is 2. The monoisotopic (exact) mass is 288 g/mol. The summed E-state index contributed by atoms with van der Waals surface area (Å²) in [6.45, 7) is 1.44. The third-order valence-electron chi connectivity index (χ3n) is 3.19. The molecule has 1 heterocycles. The van der Waals surface area contributed by atoms with E-state index in [1.54, 1.807) is 29.2 Å². The number of benzene rings is 1. The summed E-state index contributed by atoms with van der Waals surface area (Å²) in [6, 6.07) is 6.70. The van der Waals surface area contributed by atoms with Gasteiger partial charge in [0.05, 0.1) is 11.3 Å². The lowest BCUT2D eigenvalue weighted by Gasteiger charge is -2.17. The van der Waals surface area contributed by atoms with Gasteiger partial charge >= 0.3 is 5.97 Å². The van der Waals surface area contributed by atoms with Gasteiger partial charge in [0.2, 0.25) is 5.91 Å². The van der Waals surface area contributed by atoms with Crippen LogP contribution in [0.25, 0.3) is 0 Å². The molecule has 1 aromatic rings. The van der Waals surface area contributed by atoms with Gasteiger partial charge in [-0.3, -0.25) is 9.59 Å². The van der Waals surface area contributed by atoms with E-state index < -0.39 is 11.9 Å². The third kappa shape index (κ3) is 3.92. The van der Waals surface area contributed by atoms with E-state index in [1.165, 1.54) is 0 Å². The lowest BCUT2D eigenvalue weighted by molar-refractivity contribution is -0.131. The fourth-order valence-corrected chi connectivity index (χ4v) is 2.19. The molecule has 0 radical (unpaired) electrons. The number of carbonyl (C=O) groups excluding carboxylic acids is 2. The molecular weight excluding hydrogens is 272 g/mol. The molecule has 0 aliphatic carbocycles. The number of carboxylic acids is 1. The van der Waals surface area contributed by atoms with Gasteiger partial charge < -0.3 is 15.3 Å². The second-order valence-electron chi connectivity index (χ2n) is 4.71. The summed E-state index contributed by atoms with van der Waals surface area (Å²) in [4.78, 5) is 36.1. The molecule has 6 heteroatoms. The van der Waals surface area contributed by atoms with Gasteiger partial charge in [-0.05, 0) is 25.0 Å². The van der Waals surface area contributed by atoms with E-state index >= 15 is 0 Å². The Labute approximate surface area is 122 Å². The van der Waals surface area contributed by atoms with Crippen molar-refractivity contribution in [2.75, 3.05) is 18.4 Å². The van der Waals surface area contributed by atoms with E-state index in [9.17, 15) is 14.4 Å². The van der Waals surface area contributed by atoms with Crippen LogP contribution >= 0.6 is 0 Å². The van der Waals surface area contributed by atoms with E-state index in [-0.39, 0.29) is 5.91 Å². The van der Waals surface area contributed by atoms with E-state index in [0.717, 1.165) is 38.1 Å². The Morgan fingerprint density at radius 3 is 2.43 bits per heavy atom. The molecule has 1 aliphatic rings. The van der Waals surface area contributed by atoms with Crippen molar-refractivity contribution in [1.82, 2.24) is 4.90 Å². The molecule has 2 N–H and O–H groups in total. The molecule has 1 aliphatic heterocycles. The van der Waals surface area contributed by atoms with Gasteiger partial charge in [-0.25, -0.2) is 4.79 Å². The first-order valence-electron chi connectivity index (χ1n) is 6.68. The molecule has 1 aromatic carbocycles. The van der Waals surface area contributed by atoms with Gasteiger partial charge in [0.25, 0.3) is 5.91 Å². The molecule has 0 saturated carbocycles. The highest BCUT2D eigenvalue weighted by Gasteiger charge is 2.21. The van der Waals surface area contributed by atoms with Gasteiger partial charge in [0.15, 0.2) is 0 Å². The zero-order chi connectivity index (χ0) is 15.2. The Morgan fingerprint density at radius 2 is 1.76 bits per heavy atom. The van der Waals surface area contributed by atoms with Crippen LogP contribution in [0.3, 0.4) is 0 Å². The van der Waals surface area contributed by atoms with Crippen molar-refractivity contribution >= 4 is 23.5 Å². The number of likely N-dealkylation sites (tertiary alicyclic amines) is 1. The minimum Gasteiger partial charge on any atom is -0.478 e. The number of amides is 2. The van der Waals surface area contributed by atoms with Crippen molar-refractivity contribution in [3.8, 4) is 0 Å². The van der Waals surface area contributed by atoms with Crippen LogP contribution in [0.5, 0.6) is 0 Å². The molecule has 1 saturated heterocycles. The van der Waals surface area contributed by atoms with Crippen molar-refractivity contribution in [3.63, 3.8) is 0 Å². The van der Waals surface area contributed by atoms with Crippen molar-refractivity contribution in [2.24, 2.45) is 0 Å². The number of carbonyl (C=O) groups is 3. The second kappa shape index (κ2) is 6.69. The van der Waals surface area contributed by atoms with Crippen LogP contribution in [-0.2, 0) is 9.59 Å². The number of aliphatic carboxylic acids is 1. The van der Waals surface area contributed by atoms with Crippen LogP contribution in [0.2, 0.25) is 0 Å². The molecule has 0 spiro atoms. The predicted molar refractivity (Wildman–Crippen MR) is 77.0 cm³/mol. The van der Waals surface area contributed by atoms with Crippen LogP contribution in [-0.4, -0.2) is 40.9 Å². The summed E-state index contributed by atoms with van der Waals surface area (Å²) in [5, 5.41) is 11.0. The lowest BCUT2D eigenvalue weighted by atomic mass is 10.1. The van der Waals surface area contributed by atoms with E-state index in [2.05, 4.69) is 5.32 Å². The molecule has 6 nitrogen and oxygen atoms in total. The summed E-state index contributed by atoms with van der Waals surface area (Å²) in [5.41, 5.74) is 0.797. The first-order chi connectivity index (χ1) is 10.1. The number of anilines is 1. The summed E-state index contributed by atoms with van der Waals surface area (Å²) in [5.74, 6) is -1.91. The molecule has 110 valence electrons. The average molecular weight is 288 g/mol. The highest BCUT2D eigenvalue weighted by Crippen LogP contribution is 2.20. The molecule has 0 unspecified atom stereocenters. The van der Waals surface area contributed by atoms with E-state index in [4.69, 9.17) is 5.11 Å². The first-order valence-corrected chi connectivity index (χ1v) is 6.68. The minimum absolute atomic E-state index is 0.120. The number of hydrogen-bond acceptors (Lipinski definition) is 3. The van der Waals surface area contributed by atoms with Crippen molar-refractivity contribution in [3.05, 3.63) is 42.0 Å². The SMILES string of the molecule is O=C(O)C=CC(=O)Nc1ccccc1C(=O)N1CCCC1. The number of nitrogens with zero attached hydrogens (tertiary/aromatic N) is 1. The van der Waals surface area contributed by atoms with Crippen molar-refractivity contribution in [1.29, 1.82) is 0 Å². The maximum Gasteiger partial charge on any atom is 0.328 e. The van der Waals surface area contributed by atoms with Crippen LogP contribution in [0.15, 0.2) is 36.4 Å². The predicted octanol–water partition coefficient (Wildman–Crippen LogP) is 1.50. The number of carboxylic acid groups (broad SMARTS) is 1. The first kappa shape index (κ1) is 14.8. The molecule has 2 rings (SSSR count). The minimum atomic E-state index is -1.20. The third-order valence-corrected chi connectivity index (χ3v) is 3.19. The van der Waals surface area contributed by atoms with E-state index in [0.29, 0.717) is 11.3 Å². The van der Waals surface area contributed by atoms with Crippen LogP contribution in [0, 0.1) is 0 Å². The molecule has 0 atom stereocenters. The zero-order valence-electron chi connectivity index (χ0n) is 11.4. The Balaban J connectivity index is 2.14. The number of para-hydroxylation sites is 1. The molecule has 21 heavy (non-hydrogen) atoms. The summed E-state index contributed by atoms with van der Waals surface area (Å²) in [7, 11) is 0. The Bertz CT molecular complexity index is 589. The average Bonchev–Trinajstić information content (AvgIpc) is 2.99. The lowest BCUT2D eigenvalue weighted by Crippen LogP contribution is -2.28. The van der Waals surface area contributed by atoms with Crippen LogP contribution in [0.4, 0.5) is 5.69 Å². The fourth-order valence-electron chi connectivity index (χ4n) is 2.19. The van der Waals surface area contributed by atoms with Gasteiger partial charge in [-0.2, -0.15) is 0 Å². The van der Waals surface area contributed by atoms with Gasteiger partial charge in [-0.15, -0.1) is 0 Å². The van der Waals surface area contributed by atoms with E-state index in [1.807, 2.05) is 0 Å². The Hall–Kier alpha value is -2.63. The standard InChI is InChI=1S/C15H16N2O4/c18-13(7-8-14(19)20)16-12-6-2-1-5-11(12)15(21)17-9-3-4-10-17/h1-2,5-8H,3-4,9-10H2,(H,16,18)(H,19,20). The smallest absolute Gasteiger partial charge is 0.328 e. The molecule has 2 amide bonds. The maximum absolute atomic E-state index is 12.4.